The third-order valence-corrected chi connectivity index (χ3v) is 4.90. The molecule has 2 atom stereocenters. The Hall–Kier alpha value is -1.32. The van der Waals surface area contributed by atoms with Gasteiger partial charge in [0.15, 0.2) is 0 Å². The largest absolute Gasteiger partial charge is 0.327 e. The molecule has 1 aromatic heterocycles. The van der Waals surface area contributed by atoms with Crippen molar-refractivity contribution in [3.05, 3.63) is 41.8 Å². The Labute approximate surface area is 124 Å². The quantitative estimate of drug-likeness (QED) is 0.913. The minimum Gasteiger partial charge on any atom is -0.327 e. The molecule has 104 valence electrons. The normalized spacial score (nSPS) is 28.8. The first-order chi connectivity index (χ1) is 9.79. The van der Waals surface area contributed by atoms with Crippen LogP contribution in [0.2, 0.25) is 5.02 Å². The van der Waals surface area contributed by atoms with Gasteiger partial charge in [-0.3, -0.25) is 0 Å². The molecule has 4 rings (SSSR count). The van der Waals surface area contributed by atoms with Gasteiger partial charge in [-0.1, -0.05) is 23.7 Å². The number of hydrogen-bond acceptors (Lipinski definition) is 2. The molecule has 2 aliphatic rings. The molecule has 2 aliphatic heterocycles. The molecule has 4 heteroatoms. The van der Waals surface area contributed by atoms with Crippen molar-refractivity contribution in [2.75, 3.05) is 0 Å². The monoisotopic (exact) mass is 287 g/mol. The summed E-state index contributed by atoms with van der Waals surface area (Å²) in [6.07, 6.45) is 9.03. The molecule has 3 heterocycles. The summed E-state index contributed by atoms with van der Waals surface area (Å²) in [4.78, 5) is 4.38. The highest BCUT2D eigenvalue weighted by molar-refractivity contribution is 6.30. The second-order valence-corrected chi connectivity index (χ2v) is 6.39. The minimum atomic E-state index is 0.571. The van der Waals surface area contributed by atoms with Gasteiger partial charge in [0, 0.05) is 23.1 Å². The number of aromatic nitrogens is 2. The molecule has 0 spiro atoms. The molecule has 2 aromatic rings. The van der Waals surface area contributed by atoms with Gasteiger partial charge in [0.05, 0.1) is 18.2 Å². The van der Waals surface area contributed by atoms with Gasteiger partial charge < -0.3 is 9.88 Å². The Balaban J connectivity index is 1.66. The molecule has 2 fully saturated rings. The maximum Gasteiger partial charge on any atom is 0.0953 e. The summed E-state index contributed by atoms with van der Waals surface area (Å²) in [5.41, 5.74) is 2.39. The minimum absolute atomic E-state index is 0.571. The molecular formula is C16H18ClN3. The molecule has 2 bridgehead atoms. The lowest BCUT2D eigenvalue weighted by Crippen LogP contribution is -2.38. The second kappa shape index (κ2) is 4.90. The lowest BCUT2D eigenvalue weighted by molar-refractivity contribution is 0.300. The molecule has 0 radical (unpaired) electrons. The van der Waals surface area contributed by atoms with E-state index in [4.69, 9.17) is 11.6 Å². The number of hydrogen-bond donors (Lipinski definition) is 1. The van der Waals surface area contributed by atoms with Gasteiger partial charge in [-0.15, -0.1) is 0 Å². The van der Waals surface area contributed by atoms with Crippen molar-refractivity contribution < 1.29 is 0 Å². The van der Waals surface area contributed by atoms with E-state index in [2.05, 4.69) is 27.0 Å². The van der Waals surface area contributed by atoms with Gasteiger partial charge in [0.1, 0.15) is 0 Å². The molecule has 1 N–H and O–H groups in total. The number of benzene rings is 1. The van der Waals surface area contributed by atoms with Gasteiger partial charge in [0.25, 0.3) is 0 Å². The number of halogens is 1. The van der Waals surface area contributed by atoms with E-state index in [0.29, 0.717) is 18.1 Å². The number of rotatable bonds is 2. The van der Waals surface area contributed by atoms with Crippen molar-refractivity contribution in [1.82, 2.24) is 14.9 Å². The average Bonchev–Trinajstić information content (AvgIpc) is 3.07. The van der Waals surface area contributed by atoms with Gasteiger partial charge >= 0.3 is 0 Å². The summed E-state index contributed by atoms with van der Waals surface area (Å²) < 4.78 is 2.36. The topological polar surface area (TPSA) is 29.9 Å². The summed E-state index contributed by atoms with van der Waals surface area (Å²) in [5, 5.41) is 4.48. The molecule has 20 heavy (non-hydrogen) atoms. The third-order valence-electron chi connectivity index (χ3n) is 4.65. The molecule has 2 saturated heterocycles. The molecule has 1 aromatic carbocycles. The standard InChI is InChI=1S/C16H18ClN3/c17-12-3-1-11(2-4-12)16-9-18-10-20(16)15-7-13-5-6-14(8-15)19-13/h1-4,9-10,13-15,19H,5-8H2. The molecule has 0 amide bonds. The van der Waals surface area contributed by atoms with Crippen LogP contribution in [0.25, 0.3) is 11.3 Å². The highest BCUT2D eigenvalue weighted by Crippen LogP contribution is 2.36. The molecule has 0 saturated carbocycles. The number of imidazole rings is 1. The van der Waals surface area contributed by atoms with Gasteiger partial charge in [-0.25, -0.2) is 4.98 Å². The maximum absolute atomic E-state index is 5.98. The molecular weight excluding hydrogens is 270 g/mol. The average molecular weight is 288 g/mol. The van der Waals surface area contributed by atoms with Crippen LogP contribution in [0.4, 0.5) is 0 Å². The lowest BCUT2D eigenvalue weighted by atomic mass is 9.99. The van der Waals surface area contributed by atoms with Gasteiger partial charge in [0.2, 0.25) is 0 Å². The summed E-state index contributed by atoms with van der Waals surface area (Å²) in [7, 11) is 0. The first-order valence-corrected chi connectivity index (χ1v) is 7.71. The van der Waals surface area contributed by atoms with Gasteiger partial charge in [-0.2, -0.15) is 0 Å². The van der Waals surface area contributed by atoms with E-state index in [9.17, 15) is 0 Å². The van der Waals surface area contributed by atoms with Crippen LogP contribution in [-0.2, 0) is 0 Å². The maximum atomic E-state index is 5.98. The first-order valence-electron chi connectivity index (χ1n) is 7.33. The first kappa shape index (κ1) is 12.4. The Morgan fingerprint density at radius 2 is 1.80 bits per heavy atom. The van der Waals surface area contributed by atoms with Crippen molar-refractivity contribution >= 4 is 11.6 Å². The number of piperidine rings is 1. The van der Waals surface area contributed by atoms with Crippen LogP contribution < -0.4 is 5.32 Å². The predicted molar refractivity (Wildman–Crippen MR) is 80.9 cm³/mol. The van der Waals surface area contributed by atoms with Crippen LogP contribution in [0, 0.1) is 0 Å². The smallest absolute Gasteiger partial charge is 0.0953 e. The summed E-state index contributed by atoms with van der Waals surface area (Å²) in [6.45, 7) is 0. The van der Waals surface area contributed by atoms with Crippen LogP contribution in [0.15, 0.2) is 36.8 Å². The summed E-state index contributed by atoms with van der Waals surface area (Å²) >= 11 is 5.98. The summed E-state index contributed by atoms with van der Waals surface area (Å²) in [6, 6.07) is 10.00. The summed E-state index contributed by atoms with van der Waals surface area (Å²) in [5.74, 6) is 0. The van der Waals surface area contributed by atoms with Crippen LogP contribution in [-0.4, -0.2) is 21.6 Å². The number of nitrogens with zero attached hydrogens (tertiary/aromatic N) is 2. The number of nitrogens with one attached hydrogen (secondary N) is 1. The van der Waals surface area contributed by atoms with Crippen LogP contribution >= 0.6 is 11.6 Å². The number of fused-ring (bicyclic) bond motifs is 2. The zero-order valence-electron chi connectivity index (χ0n) is 11.3. The second-order valence-electron chi connectivity index (χ2n) is 5.96. The van der Waals surface area contributed by atoms with E-state index in [-0.39, 0.29) is 0 Å². The predicted octanol–water partition coefficient (Wildman–Crippen LogP) is 3.66. The Kier molecular flexibility index (Phi) is 3.04. The van der Waals surface area contributed by atoms with Crippen molar-refractivity contribution in [1.29, 1.82) is 0 Å². The fraction of sp³-hybridized carbons (Fsp3) is 0.438. The van der Waals surface area contributed by atoms with E-state index in [1.54, 1.807) is 0 Å². The Morgan fingerprint density at radius 3 is 2.50 bits per heavy atom. The van der Waals surface area contributed by atoms with Crippen molar-refractivity contribution in [2.24, 2.45) is 0 Å². The van der Waals surface area contributed by atoms with E-state index in [1.807, 2.05) is 24.7 Å². The molecule has 2 unspecified atom stereocenters. The zero-order valence-corrected chi connectivity index (χ0v) is 12.1. The highest BCUT2D eigenvalue weighted by atomic mass is 35.5. The van der Waals surface area contributed by atoms with Crippen molar-refractivity contribution in [3.63, 3.8) is 0 Å². The van der Waals surface area contributed by atoms with Crippen molar-refractivity contribution in [2.45, 2.75) is 43.8 Å². The van der Waals surface area contributed by atoms with E-state index in [1.165, 1.54) is 36.9 Å². The third kappa shape index (κ3) is 2.15. The van der Waals surface area contributed by atoms with Crippen LogP contribution in [0.5, 0.6) is 0 Å². The van der Waals surface area contributed by atoms with E-state index in [0.717, 1.165) is 5.02 Å². The molecule has 0 aliphatic carbocycles. The fourth-order valence-electron chi connectivity index (χ4n) is 3.69. The Bertz CT molecular complexity index is 592. The lowest BCUT2D eigenvalue weighted by Gasteiger charge is -2.31. The van der Waals surface area contributed by atoms with E-state index < -0.39 is 0 Å². The SMILES string of the molecule is Clc1ccc(-c2cncn2C2CC3CCC(C2)N3)cc1. The van der Waals surface area contributed by atoms with E-state index >= 15 is 0 Å². The van der Waals surface area contributed by atoms with Gasteiger partial charge in [-0.05, 0) is 43.4 Å². The molecule has 3 nitrogen and oxygen atoms in total. The Morgan fingerprint density at radius 1 is 1.10 bits per heavy atom. The van der Waals surface area contributed by atoms with Crippen LogP contribution in [0.1, 0.15) is 31.7 Å². The highest BCUT2D eigenvalue weighted by Gasteiger charge is 2.34. The zero-order chi connectivity index (χ0) is 13.5. The van der Waals surface area contributed by atoms with Crippen molar-refractivity contribution in [3.8, 4) is 11.3 Å². The van der Waals surface area contributed by atoms with Crippen LogP contribution in [0.3, 0.4) is 0 Å². The fourth-order valence-corrected chi connectivity index (χ4v) is 3.82.